The molecule has 2 heterocycles. The lowest BCUT2D eigenvalue weighted by atomic mass is 9.61. The molecule has 2 unspecified atom stereocenters. The number of nitrogens with one attached hydrogen (secondary N) is 2. The normalized spacial score (nSPS) is 29.7. The first-order valence-corrected chi connectivity index (χ1v) is 9.11. The van der Waals surface area contributed by atoms with Gasteiger partial charge in [-0.3, -0.25) is 10.1 Å². The largest absolute Gasteiger partial charge is 0.361 e. The number of fused-ring (bicyclic) bond motifs is 4. The molecule has 0 bridgehead atoms. The molecular weight excluding hydrogens is 386 g/mol. The van der Waals surface area contributed by atoms with Crippen LogP contribution in [-0.2, 0) is 29.6 Å². The third-order valence-corrected chi connectivity index (χ3v) is 6.58. The number of hydrogen-bond acceptors (Lipinski definition) is 4. The maximum atomic E-state index is 13.0. The number of hydrogen-bond donors (Lipinski definition) is 2. The van der Waals surface area contributed by atoms with Crippen molar-refractivity contribution in [3.05, 3.63) is 50.8 Å². The van der Waals surface area contributed by atoms with E-state index in [2.05, 4.69) is 31.7 Å². The zero-order chi connectivity index (χ0) is 17.4. The zero-order valence-corrected chi connectivity index (χ0v) is 15.2. The first-order valence-electron chi connectivity index (χ1n) is 8.32. The predicted molar refractivity (Wildman–Crippen MR) is 91.9 cm³/mol. The molecule has 7 heteroatoms. The summed E-state index contributed by atoms with van der Waals surface area (Å²) < 4.78 is 6.27. The highest BCUT2D eigenvalue weighted by Gasteiger charge is 2.66. The van der Waals surface area contributed by atoms with E-state index in [4.69, 9.17) is 4.52 Å². The molecular formula is C18H16BrN3O3. The van der Waals surface area contributed by atoms with E-state index in [0.717, 1.165) is 51.9 Å². The third kappa shape index (κ3) is 1.76. The monoisotopic (exact) mass is 401 g/mol. The first kappa shape index (κ1) is 15.1. The molecule has 1 saturated heterocycles. The number of carbonyl (C=O) groups excluding carboxylic acids is 2. The lowest BCUT2D eigenvalue weighted by Gasteiger charge is -2.44. The van der Waals surface area contributed by atoms with Crippen molar-refractivity contribution in [1.29, 1.82) is 0 Å². The molecule has 2 atom stereocenters. The van der Waals surface area contributed by atoms with Crippen molar-refractivity contribution in [3.8, 4) is 0 Å². The van der Waals surface area contributed by atoms with E-state index in [1.54, 1.807) is 0 Å². The second-order valence-corrected chi connectivity index (χ2v) is 8.17. The molecule has 5 rings (SSSR count). The third-order valence-electron chi connectivity index (χ3n) is 6.09. The van der Waals surface area contributed by atoms with Gasteiger partial charge in [0.2, 0.25) is 0 Å². The lowest BCUT2D eigenvalue weighted by molar-refractivity contribution is -0.129. The zero-order valence-electron chi connectivity index (χ0n) is 13.6. The van der Waals surface area contributed by atoms with Crippen LogP contribution in [0, 0.1) is 12.3 Å². The van der Waals surface area contributed by atoms with Crippen molar-refractivity contribution in [2.24, 2.45) is 5.41 Å². The topological polar surface area (TPSA) is 84.2 Å². The molecule has 6 nitrogen and oxygen atoms in total. The van der Waals surface area contributed by atoms with Crippen LogP contribution in [0.5, 0.6) is 0 Å². The minimum atomic E-state index is -1.04. The average Bonchev–Trinajstić information content (AvgIpc) is 3.17. The van der Waals surface area contributed by atoms with E-state index in [9.17, 15) is 9.59 Å². The van der Waals surface area contributed by atoms with E-state index in [1.807, 2.05) is 25.1 Å². The summed E-state index contributed by atoms with van der Waals surface area (Å²) in [6.45, 7) is 1.91. The van der Waals surface area contributed by atoms with E-state index < -0.39 is 17.0 Å². The molecule has 2 N–H and O–H groups in total. The number of carbonyl (C=O) groups is 2. The van der Waals surface area contributed by atoms with E-state index in [0.29, 0.717) is 6.42 Å². The summed E-state index contributed by atoms with van der Waals surface area (Å²) in [6.07, 6.45) is 2.92. The van der Waals surface area contributed by atoms with Gasteiger partial charge in [-0.1, -0.05) is 27.2 Å². The Labute approximate surface area is 152 Å². The number of halogens is 1. The summed E-state index contributed by atoms with van der Waals surface area (Å²) in [7, 11) is 0. The summed E-state index contributed by atoms with van der Waals surface area (Å²) in [6, 6.07) is 5.57. The van der Waals surface area contributed by atoms with Crippen LogP contribution in [0.2, 0.25) is 0 Å². The van der Waals surface area contributed by atoms with Gasteiger partial charge in [0.1, 0.15) is 5.76 Å². The molecule has 1 fully saturated rings. The molecule has 0 saturated carbocycles. The van der Waals surface area contributed by atoms with Crippen molar-refractivity contribution in [2.45, 2.75) is 38.1 Å². The van der Waals surface area contributed by atoms with Gasteiger partial charge >= 0.3 is 6.03 Å². The standard InChI is InChI=1S/C18H16BrN3O3/c1-9-12-8-17(5-4-14(12)22-25-9)7-10-2-3-11(19)6-13(10)18(17)15(23)20-16(24)21-18/h2-3,6H,4-5,7-8H2,1H3,(H2,20,21,23,24). The molecule has 3 amide bonds. The van der Waals surface area contributed by atoms with Gasteiger partial charge in [0, 0.05) is 15.5 Å². The number of aromatic nitrogens is 1. The summed E-state index contributed by atoms with van der Waals surface area (Å²) in [5.74, 6) is 0.540. The maximum absolute atomic E-state index is 13.0. The Morgan fingerprint density at radius 3 is 2.88 bits per heavy atom. The predicted octanol–water partition coefficient (Wildman–Crippen LogP) is 2.51. The molecule has 2 aliphatic carbocycles. The van der Waals surface area contributed by atoms with Gasteiger partial charge in [-0.15, -0.1) is 0 Å². The summed E-state index contributed by atoms with van der Waals surface area (Å²) in [5.41, 5.74) is 2.60. The second kappa shape index (κ2) is 4.72. The number of nitrogens with zero attached hydrogens (tertiary/aromatic N) is 1. The van der Waals surface area contributed by atoms with Crippen LogP contribution in [-0.4, -0.2) is 17.1 Å². The van der Waals surface area contributed by atoms with E-state index >= 15 is 0 Å². The van der Waals surface area contributed by atoms with Gasteiger partial charge in [0.15, 0.2) is 5.54 Å². The molecule has 128 valence electrons. The maximum Gasteiger partial charge on any atom is 0.322 e. The summed E-state index contributed by atoms with van der Waals surface area (Å²) in [4.78, 5) is 25.2. The van der Waals surface area contributed by atoms with Crippen molar-refractivity contribution < 1.29 is 14.1 Å². The van der Waals surface area contributed by atoms with E-state index in [1.165, 1.54) is 0 Å². The number of urea groups is 1. The van der Waals surface area contributed by atoms with Gasteiger partial charge in [-0.05, 0) is 55.9 Å². The molecule has 1 aromatic carbocycles. The first-order chi connectivity index (χ1) is 11.9. The van der Waals surface area contributed by atoms with Crippen molar-refractivity contribution in [3.63, 3.8) is 0 Å². The van der Waals surface area contributed by atoms with Crippen LogP contribution in [0.4, 0.5) is 4.79 Å². The van der Waals surface area contributed by atoms with Crippen LogP contribution < -0.4 is 10.6 Å². The Bertz CT molecular complexity index is 953. The fourth-order valence-electron chi connectivity index (χ4n) is 4.97. The highest BCUT2D eigenvalue weighted by atomic mass is 79.9. The minimum Gasteiger partial charge on any atom is -0.361 e. The highest BCUT2D eigenvalue weighted by Crippen LogP contribution is 2.58. The van der Waals surface area contributed by atoms with Gasteiger partial charge < -0.3 is 9.84 Å². The van der Waals surface area contributed by atoms with Gasteiger partial charge in [0.25, 0.3) is 5.91 Å². The molecule has 0 radical (unpaired) electrons. The lowest BCUT2D eigenvalue weighted by Crippen LogP contribution is -2.57. The Morgan fingerprint density at radius 1 is 1.28 bits per heavy atom. The van der Waals surface area contributed by atoms with Crippen LogP contribution in [0.3, 0.4) is 0 Å². The second-order valence-electron chi connectivity index (χ2n) is 7.26. The minimum absolute atomic E-state index is 0.257. The van der Waals surface area contributed by atoms with Crippen molar-refractivity contribution in [1.82, 2.24) is 15.8 Å². The number of amides is 3. The summed E-state index contributed by atoms with van der Waals surface area (Å²) in [5, 5.41) is 9.62. The Balaban J connectivity index is 1.74. The smallest absolute Gasteiger partial charge is 0.322 e. The van der Waals surface area contributed by atoms with Crippen molar-refractivity contribution in [2.75, 3.05) is 0 Å². The number of benzene rings is 1. The number of aryl methyl sites for hydroxylation is 2. The van der Waals surface area contributed by atoms with Crippen LogP contribution >= 0.6 is 15.9 Å². The van der Waals surface area contributed by atoms with Crippen molar-refractivity contribution >= 4 is 27.9 Å². The van der Waals surface area contributed by atoms with Gasteiger partial charge in [-0.25, -0.2) is 4.79 Å². The molecule has 2 aromatic rings. The molecule has 3 aliphatic rings. The van der Waals surface area contributed by atoms with Crippen LogP contribution in [0.1, 0.15) is 34.6 Å². The molecule has 2 spiro atoms. The fourth-order valence-corrected chi connectivity index (χ4v) is 5.33. The van der Waals surface area contributed by atoms with Gasteiger partial charge in [0.05, 0.1) is 5.69 Å². The van der Waals surface area contributed by atoms with Gasteiger partial charge in [-0.2, -0.15) is 0 Å². The Kier molecular flexibility index (Phi) is 2.86. The van der Waals surface area contributed by atoms with E-state index in [-0.39, 0.29) is 5.91 Å². The molecule has 1 aromatic heterocycles. The highest BCUT2D eigenvalue weighted by molar-refractivity contribution is 9.10. The quantitative estimate of drug-likeness (QED) is 0.664. The Morgan fingerprint density at radius 2 is 2.12 bits per heavy atom. The molecule has 25 heavy (non-hydrogen) atoms. The fraction of sp³-hybridized carbons (Fsp3) is 0.389. The number of rotatable bonds is 0. The van der Waals surface area contributed by atoms with Crippen LogP contribution in [0.15, 0.2) is 27.2 Å². The molecule has 1 aliphatic heterocycles. The average molecular weight is 402 g/mol. The SMILES string of the molecule is Cc1onc2c1CC1(CC2)Cc2ccc(Br)cc2C12NC(=O)NC2=O. The summed E-state index contributed by atoms with van der Waals surface area (Å²) >= 11 is 3.50. The number of imide groups is 1. The Hall–Kier alpha value is -2.15. The van der Waals surface area contributed by atoms with Crippen LogP contribution in [0.25, 0.3) is 0 Å².